The van der Waals surface area contributed by atoms with Crippen molar-refractivity contribution in [1.29, 1.82) is 0 Å². The Bertz CT molecular complexity index is 1490. The van der Waals surface area contributed by atoms with E-state index in [4.69, 9.17) is 23.7 Å². The molecule has 1 spiro atoms. The topological polar surface area (TPSA) is 208 Å². The van der Waals surface area contributed by atoms with E-state index < -0.39 is 91.2 Å². The Hall–Kier alpha value is -0.780. The zero-order chi connectivity index (χ0) is 39.9. The summed E-state index contributed by atoms with van der Waals surface area (Å²) in [5.41, 5.74) is -2.00. The average molecular weight is 781 g/mol. The van der Waals surface area contributed by atoms with Crippen LogP contribution in [0.2, 0.25) is 0 Å². The van der Waals surface area contributed by atoms with Crippen LogP contribution in [-0.2, 0) is 23.7 Å². The van der Waals surface area contributed by atoms with Crippen LogP contribution < -0.4 is 0 Å². The summed E-state index contributed by atoms with van der Waals surface area (Å²) in [6, 6.07) is 0. The van der Waals surface area contributed by atoms with E-state index in [-0.39, 0.29) is 51.4 Å². The Morgan fingerprint density at radius 2 is 1.44 bits per heavy atom. The van der Waals surface area contributed by atoms with E-state index in [1.807, 2.05) is 6.92 Å². The molecule has 0 radical (unpaired) electrons. The van der Waals surface area contributed by atoms with Gasteiger partial charge in [0.2, 0.25) is 0 Å². The zero-order valence-corrected chi connectivity index (χ0v) is 33.7. The molecule has 0 aromatic rings. The lowest BCUT2D eigenvalue weighted by Gasteiger charge is -2.73. The molecule has 314 valence electrons. The first kappa shape index (κ1) is 41.0. The van der Waals surface area contributed by atoms with Crippen LogP contribution in [0.15, 0.2) is 12.2 Å². The maximum Gasteiger partial charge on any atom is 0.187 e. The van der Waals surface area contributed by atoms with Crippen molar-refractivity contribution in [3.8, 4) is 0 Å². The summed E-state index contributed by atoms with van der Waals surface area (Å²) in [5.74, 6) is 0.401. The molecule has 8 aliphatic rings. The van der Waals surface area contributed by atoms with Crippen LogP contribution in [-0.4, -0.2) is 140 Å². The fourth-order valence-electron chi connectivity index (χ4n) is 14.3. The van der Waals surface area contributed by atoms with Crippen LogP contribution in [0.4, 0.5) is 0 Å². The summed E-state index contributed by atoms with van der Waals surface area (Å²) in [6.45, 7) is 15.2. The highest BCUT2D eigenvalue weighted by atomic mass is 16.7. The van der Waals surface area contributed by atoms with Gasteiger partial charge >= 0.3 is 0 Å². The molecule has 13 heteroatoms. The molecule has 8 unspecified atom stereocenters. The van der Waals surface area contributed by atoms with Gasteiger partial charge in [0.25, 0.3) is 0 Å². The van der Waals surface area contributed by atoms with E-state index in [9.17, 15) is 40.9 Å². The predicted molar refractivity (Wildman–Crippen MR) is 197 cm³/mol. The highest BCUT2D eigenvalue weighted by Crippen LogP contribution is 2.79. The Morgan fingerprint density at radius 3 is 2.13 bits per heavy atom. The van der Waals surface area contributed by atoms with Crippen LogP contribution in [0, 0.1) is 50.2 Å². The van der Waals surface area contributed by atoms with E-state index in [1.54, 1.807) is 0 Å². The fraction of sp³-hybridized carbons (Fsp3) is 0.952. The van der Waals surface area contributed by atoms with Crippen molar-refractivity contribution in [2.75, 3.05) is 19.8 Å². The summed E-state index contributed by atoms with van der Waals surface area (Å²) in [7, 11) is 0. The van der Waals surface area contributed by atoms with Gasteiger partial charge in [-0.3, -0.25) is 0 Å². The summed E-state index contributed by atoms with van der Waals surface area (Å²) < 4.78 is 31.2. The lowest BCUT2D eigenvalue weighted by atomic mass is 9.32. The first-order valence-corrected chi connectivity index (χ1v) is 20.9. The monoisotopic (exact) mass is 780 g/mol. The zero-order valence-electron chi connectivity index (χ0n) is 33.7. The second-order valence-electron chi connectivity index (χ2n) is 21.0. The molecule has 5 aliphatic carbocycles. The van der Waals surface area contributed by atoms with Crippen molar-refractivity contribution in [3.63, 3.8) is 0 Å². The summed E-state index contributed by atoms with van der Waals surface area (Å²) >= 11 is 0. The second kappa shape index (κ2) is 13.4. The quantitative estimate of drug-likeness (QED) is 0.143. The van der Waals surface area contributed by atoms with Gasteiger partial charge in [0.05, 0.1) is 43.7 Å². The molecule has 7 fully saturated rings. The number of allylic oxidation sites excluding steroid dienone is 1. The molecule has 21 atom stereocenters. The first-order chi connectivity index (χ1) is 25.7. The van der Waals surface area contributed by atoms with Gasteiger partial charge in [-0.2, -0.15) is 0 Å². The molecule has 8 N–H and O–H groups in total. The predicted octanol–water partition coefficient (Wildman–Crippen LogP) is 1.78. The van der Waals surface area contributed by atoms with E-state index >= 15 is 0 Å². The van der Waals surface area contributed by atoms with Crippen molar-refractivity contribution in [2.24, 2.45) is 50.2 Å². The second-order valence-corrected chi connectivity index (χ2v) is 21.0. The van der Waals surface area contributed by atoms with Crippen molar-refractivity contribution in [3.05, 3.63) is 12.2 Å². The smallest absolute Gasteiger partial charge is 0.187 e. The third-order valence-electron chi connectivity index (χ3n) is 17.9. The van der Waals surface area contributed by atoms with Crippen LogP contribution in [0.5, 0.6) is 0 Å². The number of hydrogen-bond acceptors (Lipinski definition) is 13. The third-order valence-corrected chi connectivity index (χ3v) is 17.9. The van der Waals surface area contributed by atoms with Gasteiger partial charge in [0.15, 0.2) is 12.6 Å². The number of fused-ring (bicyclic) bond motifs is 4. The van der Waals surface area contributed by atoms with Gasteiger partial charge in [-0.15, -0.1) is 0 Å². The molecular formula is C42H68O13. The number of aliphatic hydroxyl groups is 8. The van der Waals surface area contributed by atoms with E-state index in [1.165, 1.54) is 6.92 Å². The van der Waals surface area contributed by atoms with Crippen molar-refractivity contribution in [2.45, 2.75) is 179 Å². The molecule has 0 amide bonds. The number of aliphatic hydroxyl groups excluding tert-OH is 8. The minimum absolute atomic E-state index is 0.0158. The van der Waals surface area contributed by atoms with Gasteiger partial charge in [-0.1, -0.05) is 53.7 Å². The summed E-state index contributed by atoms with van der Waals surface area (Å²) in [6.07, 6.45) is -3.55. The van der Waals surface area contributed by atoms with Gasteiger partial charge in [-0.05, 0) is 86.4 Å². The minimum Gasteiger partial charge on any atom is -0.396 e. The number of rotatable bonds is 6. The molecule has 3 saturated heterocycles. The van der Waals surface area contributed by atoms with E-state index in [0.29, 0.717) is 19.4 Å². The molecule has 2 bridgehead atoms. The van der Waals surface area contributed by atoms with Crippen LogP contribution in [0.1, 0.15) is 99.8 Å². The average Bonchev–Trinajstić information content (AvgIpc) is 3.41. The molecule has 4 saturated carbocycles. The molecule has 3 aliphatic heterocycles. The van der Waals surface area contributed by atoms with Gasteiger partial charge in [0.1, 0.15) is 42.7 Å². The van der Waals surface area contributed by atoms with Crippen LogP contribution in [0.25, 0.3) is 0 Å². The largest absolute Gasteiger partial charge is 0.396 e. The van der Waals surface area contributed by atoms with Gasteiger partial charge in [-0.25, -0.2) is 0 Å². The Morgan fingerprint density at radius 1 is 0.727 bits per heavy atom. The van der Waals surface area contributed by atoms with Gasteiger partial charge < -0.3 is 64.5 Å². The molecule has 8 rings (SSSR count). The van der Waals surface area contributed by atoms with Crippen LogP contribution >= 0.6 is 0 Å². The Kier molecular flexibility index (Phi) is 9.95. The SMILES string of the molecule is C[C@H]1O[C@@H](O[C@H]2[C@@H](O)[C@@H](CO)O[C@@H](O[C@H]3CCC4(C)C5C=CC67OCC8(CCC(C)(C)CC86)[C@H](O)CC7(C)C5(C)CCC4[C@]3(C)CO)[C@@H]2O)[C@H](O)[C@@H](O)[C@@H]1O. The molecular weight excluding hydrogens is 712 g/mol. The van der Waals surface area contributed by atoms with E-state index in [2.05, 4.69) is 46.8 Å². The first-order valence-electron chi connectivity index (χ1n) is 20.9. The fourth-order valence-corrected chi connectivity index (χ4v) is 14.3. The standard InChI is InChI=1S/C42H68O13/c1-21-28(46)30(48)31(49)34(52-21)55-33-29(47)22(18-43)53-35(32(33)50)54-27-10-11-37(4)23(38(27,5)19-44)8-12-39(6)24(37)9-13-42-25-16-36(2,3)14-15-41(25,20-51-42)26(45)17-40(39,42)7/h9,13,21-35,43-50H,8,10-12,14-20H2,1-7H3/t21-,22-,23?,24?,25?,26-,27+,28-,29+,30+,31-,32-,33+,34+,35+,37?,38+,39?,40?,41?,42?/m1/s1. The molecule has 3 heterocycles. The molecule has 0 aromatic carbocycles. The lowest BCUT2D eigenvalue weighted by Crippen LogP contribution is -2.72. The van der Waals surface area contributed by atoms with E-state index in [0.717, 1.165) is 38.5 Å². The highest BCUT2D eigenvalue weighted by Gasteiger charge is 2.79. The van der Waals surface area contributed by atoms with Crippen molar-refractivity contribution < 1.29 is 64.5 Å². The van der Waals surface area contributed by atoms with Crippen LogP contribution in [0.3, 0.4) is 0 Å². The summed E-state index contributed by atoms with van der Waals surface area (Å²) in [4.78, 5) is 0. The maximum absolute atomic E-state index is 12.1. The third kappa shape index (κ3) is 5.44. The Labute approximate surface area is 325 Å². The highest BCUT2D eigenvalue weighted by molar-refractivity contribution is 5.36. The number of hydrogen-bond donors (Lipinski definition) is 8. The number of ether oxygens (including phenoxy) is 5. The summed E-state index contributed by atoms with van der Waals surface area (Å²) in [5, 5.41) is 87.5. The normalized spacial score (nSPS) is 59.7. The van der Waals surface area contributed by atoms with Gasteiger partial charge in [0, 0.05) is 22.2 Å². The maximum atomic E-state index is 12.1. The molecule has 0 aromatic heterocycles. The minimum atomic E-state index is -1.67. The van der Waals surface area contributed by atoms with Crippen molar-refractivity contribution >= 4 is 0 Å². The molecule has 13 nitrogen and oxygen atoms in total. The molecule has 55 heavy (non-hydrogen) atoms. The lowest BCUT2D eigenvalue weighted by molar-refractivity contribution is -0.368. The van der Waals surface area contributed by atoms with Crippen molar-refractivity contribution in [1.82, 2.24) is 0 Å². The Balaban J connectivity index is 1.06.